The van der Waals surface area contributed by atoms with Crippen molar-refractivity contribution >= 4 is 16.7 Å². The third kappa shape index (κ3) is 3.04. The lowest BCUT2D eigenvalue weighted by Gasteiger charge is -2.07. The van der Waals surface area contributed by atoms with Gasteiger partial charge in [0.1, 0.15) is 24.4 Å². The molecule has 0 amide bonds. The zero-order valence-corrected chi connectivity index (χ0v) is 16.0. The van der Waals surface area contributed by atoms with Crippen molar-refractivity contribution in [2.24, 2.45) is 0 Å². The van der Waals surface area contributed by atoms with E-state index in [-0.39, 0.29) is 6.61 Å². The zero-order valence-electron chi connectivity index (χ0n) is 16.0. The van der Waals surface area contributed by atoms with Crippen molar-refractivity contribution in [3.8, 4) is 17.2 Å². The summed E-state index contributed by atoms with van der Waals surface area (Å²) in [4.78, 5) is 4.59. The first-order valence-electron chi connectivity index (χ1n) is 9.13. The highest BCUT2D eigenvalue weighted by atomic mass is 16.5. The van der Waals surface area contributed by atoms with Crippen LogP contribution in [0.4, 0.5) is 0 Å². The highest BCUT2D eigenvalue weighted by Crippen LogP contribution is 2.22. The van der Waals surface area contributed by atoms with Crippen molar-refractivity contribution in [1.29, 1.82) is 0 Å². The van der Waals surface area contributed by atoms with Crippen LogP contribution in [0.2, 0.25) is 0 Å². The lowest BCUT2D eigenvalue weighted by atomic mass is 10.2. The number of hydrogen-bond acceptors (Lipinski definition) is 6. The SMILES string of the molecule is COc1cccc(OCc2nnc3c4cnn(-c5ccc(C)cc5)c4ncn23)c1. The van der Waals surface area contributed by atoms with Crippen molar-refractivity contribution in [2.75, 3.05) is 7.11 Å². The van der Waals surface area contributed by atoms with E-state index in [2.05, 4.69) is 27.2 Å². The Labute approximate surface area is 166 Å². The average Bonchev–Trinajstić information content (AvgIpc) is 3.37. The van der Waals surface area contributed by atoms with Gasteiger partial charge in [0.05, 0.1) is 24.4 Å². The Morgan fingerprint density at radius 3 is 2.62 bits per heavy atom. The lowest BCUT2D eigenvalue weighted by molar-refractivity contribution is 0.292. The fourth-order valence-electron chi connectivity index (χ4n) is 3.18. The Morgan fingerprint density at radius 2 is 1.79 bits per heavy atom. The number of hydrogen-bond donors (Lipinski definition) is 0. The zero-order chi connectivity index (χ0) is 19.8. The molecule has 0 atom stereocenters. The molecule has 0 spiro atoms. The molecule has 3 heterocycles. The second-order valence-electron chi connectivity index (χ2n) is 6.65. The molecule has 0 unspecified atom stereocenters. The molecule has 29 heavy (non-hydrogen) atoms. The van der Waals surface area contributed by atoms with E-state index in [1.165, 1.54) is 5.56 Å². The molecule has 0 N–H and O–H groups in total. The van der Waals surface area contributed by atoms with Gasteiger partial charge in [0, 0.05) is 6.07 Å². The summed E-state index contributed by atoms with van der Waals surface area (Å²) >= 11 is 0. The molecule has 0 aliphatic carbocycles. The van der Waals surface area contributed by atoms with E-state index in [1.54, 1.807) is 24.3 Å². The number of aryl methyl sites for hydroxylation is 1. The van der Waals surface area contributed by atoms with E-state index >= 15 is 0 Å². The first kappa shape index (κ1) is 17.2. The van der Waals surface area contributed by atoms with Crippen LogP contribution in [-0.4, -0.2) is 36.5 Å². The molecule has 5 rings (SSSR count). The van der Waals surface area contributed by atoms with E-state index < -0.39 is 0 Å². The summed E-state index contributed by atoms with van der Waals surface area (Å²) in [6.45, 7) is 2.31. The molecule has 144 valence electrons. The van der Waals surface area contributed by atoms with Gasteiger partial charge >= 0.3 is 0 Å². The van der Waals surface area contributed by atoms with Gasteiger partial charge in [0.2, 0.25) is 0 Å². The molecule has 2 aromatic carbocycles. The Balaban J connectivity index is 1.48. The standard InChI is InChI=1S/C21H18N6O2/c1-14-6-8-15(9-7-14)27-20-18(11-23-27)21-25-24-19(26(21)13-22-20)12-29-17-5-3-4-16(10-17)28-2/h3-11,13H,12H2,1-2H3. The molecule has 5 aromatic rings. The van der Waals surface area contributed by atoms with Gasteiger partial charge in [-0.1, -0.05) is 23.8 Å². The maximum absolute atomic E-state index is 5.85. The molecule has 8 nitrogen and oxygen atoms in total. The molecule has 0 aliphatic rings. The van der Waals surface area contributed by atoms with Gasteiger partial charge in [-0.3, -0.25) is 4.40 Å². The van der Waals surface area contributed by atoms with Crippen LogP contribution in [0.15, 0.2) is 61.1 Å². The topological polar surface area (TPSA) is 79.4 Å². The summed E-state index contributed by atoms with van der Waals surface area (Å²) in [6.07, 6.45) is 3.47. The summed E-state index contributed by atoms with van der Waals surface area (Å²) in [6, 6.07) is 15.6. The summed E-state index contributed by atoms with van der Waals surface area (Å²) < 4.78 is 14.7. The normalized spacial score (nSPS) is 11.2. The average molecular weight is 386 g/mol. The van der Waals surface area contributed by atoms with E-state index in [1.807, 2.05) is 52.9 Å². The van der Waals surface area contributed by atoms with Crippen molar-refractivity contribution < 1.29 is 9.47 Å². The number of rotatable bonds is 5. The van der Waals surface area contributed by atoms with E-state index in [9.17, 15) is 0 Å². The Kier molecular flexibility index (Phi) is 4.09. The van der Waals surface area contributed by atoms with E-state index in [0.29, 0.717) is 17.2 Å². The lowest BCUT2D eigenvalue weighted by Crippen LogP contribution is -2.03. The third-order valence-corrected chi connectivity index (χ3v) is 4.73. The van der Waals surface area contributed by atoms with Gasteiger partial charge in [0.15, 0.2) is 17.1 Å². The Bertz CT molecular complexity index is 1310. The summed E-state index contributed by atoms with van der Waals surface area (Å²) in [5.41, 5.74) is 3.56. The largest absolute Gasteiger partial charge is 0.497 e. The van der Waals surface area contributed by atoms with Crippen LogP contribution in [0.5, 0.6) is 11.5 Å². The van der Waals surface area contributed by atoms with Gasteiger partial charge in [0.25, 0.3) is 0 Å². The molecule has 8 heteroatoms. The number of nitrogens with zero attached hydrogens (tertiary/aromatic N) is 6. The van der Waals surface area contributed by atoms with Crippen LogP contribution in [0, 0.1) is 6.92 Å². The Morgan fingerprint density at radius 1 is 0.966 bits per heavy atom. The fourth-order valence-corrected chi connectivity index (χ4v) is 3.18. The third-order valence-electron chi connectivity index (χ3n) is 4.73. The summed E-state index contributed by atoms with van der Waals surface area (Å²) in [5.74, 6) is 2.09. The highest BCUT2D eigenvalue weighted by Gasteiger charge is 2.14. The number of methoxy groups -OCH3 is 1. The monoisotopic (exact) mass is 386 g/mol. The predicted octanol–water partition coefficient (Wildman–Crippen LogP) is 3.36. The van der Waals surface area contributed by atoms with Crippen LogP contribution < -0.4 is 9.47 Å². The minimum absolute atomic E-state index is 0.258. The van der Waals surface area contributed by atoms with Gasteiger partial charge in [-0.15, -0.1) is 10.2 Å². The second-order valence-corrected chi connectivity index (χ2v) is 6.65. The number of benzene rings is 2. The highest BCUT2D eigenvalue weighted by molar-refractivity contribution is 5.89. The van der Waals surface area contributed by atoms with E-state index in [4.69, 9.17) is 9.47 Å². The van der Waals surface area contributed by atoms with Crippen LogP contribution in [0.3, 0.4) is 0 Å². The molecule has 0 fully saturated rings. The van der Waals surface area contributed by atoms with Crippen molar-refractivity contribution in [3.63, 3.8) is 0 Å². The van der Waals surface area contributed by atoms with Crippen LogP contribution in [0.25, 0.3) is 22.4 Å². The Hall–Kier alpha value is -3.94. The van der Waals surface area contributed by atoms with Crippen LogP contribution >= 0.6 is 0 Å². The first-order chi connectivity index (χ1) is 14.2. The molecule has 0 saturated carbocycles. The smallest absolute Gasteiger partial charge is 0.176 e. The quantitative estimate of drug-likeness (QED) is 0.461. The predicted molar refractivity (Wildman–Crippen MR) is 107 cm³/mol. The molecule has 3 aromatic heterocycles. The maximum Gasteiger partial charge on any atom is 0.176 e. The van der Waals surface area contributed by atoms with Gasteiger partial charge in [-0.05, 0) is 31.2 Å². The summed E-state index contributed by atoms with van der Waals surface area (Å²) in [7, 11) is 1.62. The molecule has 0 radical (unpaired) electrons. The molecular weight excluding hydrogens is 368 g/mol. The second kappa shape index (κ2) is 6.90. The first-order valence-corrected chi connectivity index (χ1v) is 9.13. The minimum atomic E-state index is 0.258. The van der Waals surface area contributed by atoms with E-state index in [0.717, 1.165) is 22.5 Å². The molecular formula is C21H18N6O2. The van der Waals surface area contributed by atoms with Gasteiger partial charge in [-0.2, -0.15) is 5.10 Å². The number of ether oxygens (including phenoxy) is 2. The molecule has 0 aliphatic heterocycles. The van der Waals surface area contributed by atoms with Crippen LogP contribution in [-0.2, 0) is 6.61 Å². The molecule has 0 saturated heterocycles. The fraction of sp³-hybridized carbons (Fsp3) is 0.143. The van der Waals surface area contributed by atoms with Gasteiger partial charge in [-0.25, -0.2) is 9.67 Å². The number of aromatic nitrogens is 6. The minimum Gasteiger partial charge on any atom is -0.497 e. The molecule has 0 bridgehead atoms. The van der Waals surface area contributed by atoms with Crippen molar-refractivity contribution in [2.45, 2.75) is 13.5 Å². The number of fused-ring (bicyclic) bond motifs is 3. The van der Waals surface area contributed by atoms with Gasteiger partial charge < -0.3 is 9.47 Å². The maximum atomic E-state index is 5.85. The van der Waals surface area contributed by atoms with Crippen molar-refractivity contribution in [1.82, 2.24) is 29.4 Å². The van der Waals surface area contributed by atoms with Crippen LogP contribution in [0.1, 0.15) is 11.4 Å². The summed E-state index contributed by atoms with van der Waals surface area (Å²) in [5, 5.41) is 13.9. The van der Waals surface area contributed by atoms with Crippen molar-refractivity contribution in [3.05, 3.63) is 72.4 Å².